The van der Waals surface area contributed by atoms with E-state index in [0.717, 1.165) is 11.3 Å². The number of hydrogen-bond acceptors (Lipinski definition) is 2. The molecule has 14 heavy (non-hydrogen) atoms. The molecule has 2 rings (SSSR count). The summed E-state index contributed by atoms with van der Waals surface area (Å²) in [6, 6.07) is 7.69. The first-order valence-corrected chi connectivity index (χ1v) is 4.04. The van der Waals surface area contributed by atoms with Gasteiger partial charge in [-0.1, -0.05) is 18.2 Å². The van der Waals surface area contributed by atoms with Gasteiger partial charge >= 0.3 is 5.97 Å². The summed E-state index contributed by atoms with van der Waals surface area (Å²) >= 11 is 0. The molecule has 0 aromatic heterocycles. The second-order valence-corrected chi connectivity index (χ2v) is 2.95. The summed E-state index contributed by atoms with van der Waals surface area (Å²) in [5, 5.41) is 11.7. The molecule has 0 saturated carbocycles. The van der Waals surface area contributed by atoms with Crippen LogP contribution in [0.5, 0.6) is 0 Å². The highest BCUT2D eigenvalue weighted by Gasteiger charge is 2.14. The molecule has 0 atom stereocenters. The van der Waals surface area contributed by atoms with Gasteiger partial charge in [0, 0.05) is 18.3 Å². The molecule has 1 heterocycles. The molecule has 0 bridgehead atoms. The monoisotopic (exact) mass is 211 g/mol. The lowest BCUT2D eigenvalue weighted by atomic mass is 10.0. The Balaban J connectivity index is 0.000000980. The number of aliphatic carboxylic acids is 1. The van der Waals surface area contributed by atoms with Gasteiger partial charge in [0.2, 0.25) is 0 Å². The zero-order chi connectivity index (χ0) is 9.26. The lowest BCUT2D eigenvalue weighted by Gasteiger charge is -2.15. The van der Waals surface area contributed by atoms with E-state index in [1.54, 1.807) is 6.20 Å². The number of rotatable bonds is 1. The van der Waals surface area contributed by atoms with Gasteiger partial charge in [-0.05, 0) is 11.6 Å². The number of para-hydroxylation sites is 1. The van der Waals surface area contributed by atoms with E-state index in [2.05, 4.69) is 5.32 Å². The van der Waals surface area contributed by atoms with E-state index in [0.29, 0.717) is 12.0 Å². The Kier molecular flexibility index (Phi) is 3.14. The van der Waals surface area contributed by atoms with Crippen molar-refractivity contribution in [2.24, 2.45) is 0 Å². The van der Waals surface area contributed by atoms with Crippen molar-refractivity contribution in [3.63, 3.8) is 0 Å². The smallest absolute Gasteiger partial charge is 0.333 e. The Morgan fingerprint density at radius 1 is 1.36 bits per heavy atom. The maximum atomic E-state index is 10.7. The normalized spacial score (nSPS) is 13.0. The fourth-order valence-corrected chi connectivity index (χ4v) is 1.37. The van der Waals surface area contributed by atoms with Gasteiger partial charge in [0.05, 0.1) is 5.57 Å². The van der Waals surface area contributed by atoms with Gasteiger partial charge < -0.3 is 10.4 Å². The van der Waals surface area contributed by atoms with Crippen molar-refractivity contribution < 1.29 is 9.90 Å². The van der Waals surface area contributed by atoms with Crippen LogP contribution in [0.15, 0.2) is 36.0 Å². The van der Waals surface area contributed by atoms with Crippen LogP contribution in [0.4, 0.5) is 5.69 Å². The van der Waals surface area contributed by atoms with Crippen molar-refractivity contribution in [3.05, 3.63) is 41.6 Å². The summed E-state index contributed by atoms with van der Waals surface area (Å²) in [5.41, 5.74) is 2.42. The van der Waals surface area contributed by atoms with Gasteiger partial charge in [0.15, 0.2) is 0 Å². The van der Waals surface area contributed by atoms with Gasteiger partial charge in [-0.3, -0.25) is 0 Å². The Morgan fingerprint density at radius 3 is 2.79 bits per heavy atom. The summed E-state index contributed by atoms with van der Waals surface area (Å²) in [6.45, 7) is 0. The molecule has 0 saturated heterocycles. The third kappa shape index (κ3) is 1.88. The van der Waals surface area contributed by atoms with Crippen LogP contribution in [0.1, 0.15) is 5.56 Å². The summed E-state index contributed by atoms with van der Waals surface area (Å²) < 4.78 is 0. The summed E-state index contributed by atoms with van der Waals surface area (Å²) in [4.78, 5) is 10.7. The number of carboxylic acid groups (broad SMARTS) is 1. The van der Waals surface area contributed by atoms with E-state index < -0.39 is 5.97 Å². The predicted octanol–water partition coefficient (Wildman–Crippen LogP) is 2.04. The maximum absolute atomic E-state index is 10.7. The molecule has 1 aliphatic heterocycles. The molecule has 74 valence electrons. The topological polar surface area (TPSA) is 49.3 Å². The zero-order valence-electron chi connectivity index (χ0n) is 7.36. The molecule has 0 amide bonds. The number of benzene rings is 1. The van der Waals surface area contributed by atoms with Crippen LogP contribution in [0.25, 0.3) is 0 Å². The fraction of sp³-hybridized carbons (Fsp3) is 0.100. The van der Waals surface area contributed by atoms with E-state index in [1.807, 2.05) is 24.3 Å². The molecule has 4 heteroatoms. The summed E-state index contributed by atoms with van der Waals surface area (Å²) in [7, 11) is 0. The molecular formula is C10H10ClNO2. The number of halogens is 1. The molecule has 2 N–H and O–H groups in total. The molecule has 1 aromatic rings. The third-order valence-electron chi connectivity index (χ3n) is 2.07. The standard InChI is InChI=1S/C10H9NO2.ClH/c12-10(13)8-5-7-3-1-2-4-9(7)11-6-8;/h1-4,6,11H,5H2,(H,12,13);1H. The van der Waals surface area contributed by atoms with Crippen LogP contribution in [0.3, 0.4) is 0 Å². The van der Waals surface area contributed by atoms with Gasteiger partial charge in [-0.25, -0.2) is 4.79 Å². The Morgan fingerprint density at radius 2 is 2.07 bits per heavy atom. The second kappa shape index (κ2) is 4.15. The van der Waals surface area contributed by atoms with Crippen LogP contribution in [-0.2, 0) is 11.2 Å². The number of hydrogen-bond donors (Lipinski definition) is 2. The van der Waals surface area contributed by atoms with E-state index in [4.69, 9.17) is 5.11 Å². The van der Waals surface area contributed by atoms with E-state index in [9.17, 15) is 4.79 Å². The van der Waals surface area contributed by atoms with Crippen LogP contribution in [-0.4, -0.2) is 11.1 Å². The van der Waals surface area contributed by atoms with Crippen LogP contribution < -0.4 is 5.32 Å². The fourth-order valence-electron chi connectivity index (χ4n) is 1.37. The molecule has 0 fully saturated rings. The third-order valence-corrected chi connectivity index (χ3v) is 2.07. The number of fused-ring (bicyclic) bond motifs is 1. The molecule has 0 aliphatic carbocycles. The van der Waals surface area contributed by atoms with Crippen molar-refractivity contribution in [3.8, 4) is 0 Å². The average molecular weight is 212 g/mol. The quantitative estimate of drug-likeness (QED) is 0.748. The van der Waals surface area contributed by atoms with Gasteiger partial charge in [0.1, 0.15) is 0 Å². The van der Waals surface area contributed by atoms with E-state index >= 15 is 0 Å². The number of nitrogens with one attached hydrogen (secondary N) is 1. The Bertz CT molecular complexity index is 387. The molecule has 3 nitrogen and oxygen atoms in total. The minimum Gasteiger partial charge on any atom is -0.478 e. The second-order valence-electron chi connectivity index (χ2n) is 2.95. The van der Waals surface area contributed by atoms with Crippen molar-refractivity contribution in [1.29, 1.82) is 0 Å². The first kappa shape index (κ1) is 10.6. The molecular weight excluding hydrogens is 202 g/mol. The van der Waals surface area contributed by atoms with E-state index in [1.165, 1.54) is 0 Å². The van der Waals surface area contributed by atoms with Crippen LogP contribution in [0.2, 0.25) is 0 Å². The highest BCUT2D eigenvalue weighted by Crippen LogP contribution is 2.22. The number of carbonyl (C=O) groups is 1. The summed E-state index contributed by atoms with van der Waals surface area (Å²) in [5.74, 6) is -0.859. The van der Waals surface area contributed by atoms with Crippen molar-refractivity contribution >= 4 is 24.1 Å². The molecule has 1 aliphatic rings. The average Bonchev–Trinajstić information content (AvgIpc) is 2.17. The van der Waals surface area contributed by atoms with Gasteiger partial charge in [-0.15, -0.1) is 12.4 Å². The lowest BCUT2D eigenvalue weighted by molar-refractivity contribution is -0.132. The number of carboxylic acids is 1. The summed E-state index contributed by atoms with van der Waals surface area (Å²) in [6.07, 6.45) is 2.04. The van der Waals surface area contributed by atoms with Gasteiger partial charge in [0.25, 0.3) is 0 Å². The Labute approximate surface area is 87.9 Å². The number of anilines is 1. The minimum atomic E-state index is -0.859. The SMILES string of the molecule is Cl.O=C(O)C1=CNc2ccccc2C1. The highest BCUT2D eigenvalue weighted by atomic mass is 35.5. The Hall–Kier alpha value is -1.48. The van der Waals surface area contributed by atoms with Crippen molar-refractivity contribution in [2.45, 2.75) is 6.42 Å². The predicted molar refractivity (Wildman–Crippen MR) is 56.7 cm³/mol. The van der Waals surface area contributed by atoms with Crippen LogP contribution in [0, 0.1) is 0 Å². The van der Waals surface area contributed by atoms with Gasteiger partial charge in [-0.2, -0.15) is 0 Å². The molecule has 0 radical (unpaired) electrons. The first-order chi connectivity index (χ1) is 6.27. The highest BCUT2D eigenvalue weighted by molar-refractivity contribution is 5.89. The minimum absolute atomic E-state index is 0. The van der Waals surface area contributed by atoms with Crippen molar-refractivity contribution in [2.75, 3.05) is 5.32 Å². The van der Waals surface area contributed by atoms with E-state index in [-0.39, 0.29) is 12.4 Å². The largest absolute Gasteiger partial charge is 0.478 e. The molecule has 0 spiro atoms. The maximum Gasteiger partial charge on any atom is 0.333 e. The zero-order valence-corrected chi connectivity index (χ0v) is 8.17. The van der Waals surface area contributed by atoms with Crippen molar-refractivity contribution in [1.82, 2.24) is 0 Å². The molecule has 0 unspecified atom stereocenters. The lowest BCUT2D eigenvalue weighted by Crippen LogP contribution is -2.11. The first-order valence-electron chi connectivity index (χ1n) is 4.04. The van der Waals surface area contributed by atoms with Crippen LogP contribution >= 0.6 is 12.4 Å². The molecule has 1 aromatic carbocycles.